The number of hydrogen-bond donors (Lipinski definition) is 1. The number of carbonyl (C=O) groups excluding carboxylic acids is 1. The van der Waals surface area contributed by atoms with Gasteiger partial charge in [-0.3, -0.25) is 14.9 Å². The molecule has 3 aromatic heterocycles. The molecule has 0 aliphatic heterocycles. The molecule has 6 rings (SSSR count). The van der Waals surface area contributed by atoms with Gasteiger partial charge in [0, 0.05) is 12.1 Å². The number of carbonyl (C=O) groups is 1. The van der Waals surface area contributed by atoms with Gasteiger partial charge in [-0.2, -0.15) is 18.3 Å². The summed E-state index contributed by atoms with van der Waals surface area (Å²) in [6, 6.07) is 12.9. The van der Waals surface area contributed by atoms with Crippen LogP contribution in [0.2, 0.25) is 0 Å². The number of nitro groups is 1. The summed E-state index contributed by atoms with van der Waals surface area (Å²) in [6.45, 7) is 0. The Kier molecular flexibility index (Phi) is 7.01. The van der Waals surface area contributed by atoms with Crippen LogP contribution in [0, 0.1) is 10.1 Å². The molecule has 0 spiro atoms. The maximum absolute atomic E-state index is 14.0. The van der Waals surface area contributed by atoms with Gasteiger partial charge in [-0.1, -0.05) is 6.07 Å². The molecule has 0 saturated carbocycles. The lowest BCUT2D eigenvalue weighted by atomic mass is 10.1. The standard InChI is InChI=1S/C27H16Br2F3N5O5/c28-22-7-6-20(42-22)19-12-21(27(30,31)32)36-25(34-19)23(29)24(35-36)26(38)33-15-9-16(37(39)40)11-18(10-15)41-17-5-4-13-2-1-3-14(13)8-17/h4-12H,1-3H2,(H,33,38). The number of aromatic nitrogens is 3. The number of non-ortho nitro benzene ring substituents is 1. The van der Waals surface area contributed by atoms with E-state index in [0.29, 0.717) is 10.3 Å². The van der Waals surface area contributed by atoms with Crippen molar-refractivity contribution in [1.29, 1.82) is 0 Å². The Hall–Kier alpha value is -4.24. The third-order valence-corrected chi connectivity index (χ3v) is 7.69. The van der Waals surface area contributed by atoms with Gasteiger partial charge in [0.05, 0.1) is 21.1 Å². The Labute approximate surface area is 250 Å². The van der Waals surface area contributed by atoms with Gasteiger partial charge in [-0.15, -0.1) is 0 Å². The van der Waals surface area contributed by atoms with Gasteiger partial charge in [0.25, 0.3) is 11.6 Å². The molecule has 1 aliphatic carbocycles. The Bertz CT molecular complexity index is 1900. The van der Waals surface area contributed by atoms with Crippen molar-refractivity contribution >= 4 is 54.8 Å². The maximum atomic E-state index is 14.0. The van der Waals surface area contributed by atoms with E-state index < -0.39 is 28.4 Å². The lowest BCUT2D eigenvalue weighted by Crippen LogP contribution is -2.16. The van der Waals surface area contributed by atoms with E-state index in [-0.39, 0.29) is 43.4 Å². The highest BCUT2D eigenvalue weighted by atomic mass is 79.9. The highest BCUT2D eigenvalue weighted by molar-refractivity contribution is 9.10. The minimum Gasteiger partial charge on any atom is -0.457 e. The van der Waals surface area contributed by atoms with Gasteiger partial charge in [-0.25, -0.2) is 9.50 Å². The number of aryl methyl sites for hydroxylation is 2. The van der Waals surface area contributed by atoms with Crippen molar-refractivity contribution in [3.63, 3.8) is 0 Å². The van der Waals surface area contributed by atoms with Crippen LogP contribution in [0.15, 0.2) is 68.2 Å². The molecule has 1 N–H and O–H groups in total. The molecule has 42 heavy (non-hydrogen) atoms. The number of rotatable bonds is 6. The number of anilines is 1. The number of ether oxygens (including phenoxy) is 1. The van der Waals surface area contributed by atoms with E-state index >= 15 is 0 Å². The first kappa shape index (κ1) is 27.9. The Morgan fingerprint density at radius 3 is 2.55 bits per heavy atom. The van der Waals surface area contributed by atoms with Crippen LogP contribution in [0.5, 0.6) is 11.5 Å². The van der Waals surface area contributed by atoms with Crippen LogP contribution in [-0.2, 0) is 19.0 Å². The Balaban J connectivity index is 1.35. The smallest absolute Gasteiger partial charge is 0.433 e. The molecule has 2 aromatic carbocycles. The predicted octanol–water partition coefficient (Wildman–Crippen LogP) is 7.97. The fraction of sp³-hybridized carbons (Fsp3) is 0.148. The van der Waals surface area contributed by atoms with E-state index in [2.05, 4.69) is 47.3 Å². The van der Waals surface area contributed by atoms with Crippen molar-refractivity contribution in [2.75, 3.05) is 5.32 Å². The molecule has 1 aliphatic rings. The normalized spacial score (nSPS) is 12.9. The molecule has 15 heteroatoms. The number of amides is 1. The number of nitrogens with one attached hydrogen (secondary N) is 1. The van der Waals surface area contributed by atoms with Crippen LogP contribution < -0.4 is 10.1 Å². The fourth-order valence-corrected chi connectivity index (χ4v) is 5.50. The number of fused-ring (bicyclic) bond motifs is 2. The monoisotopic (exact) mass is 705 g/mol. The first-order valence-electron chi connectivity index (χ1n) is 12.3. The first-order chi connectivity index (χ1) is 20.0. The van der Waals surface area contributed by atoms with Crippen LogP contribution >= 0.6 is 31.9 Å². The molecule has 3 heterocycles. The van der Waals surface area contributed by atoms with Gasteiger partial charge < -0.3 is 14.5 Å². The fourth-order valence-electron chi connectivity index (χ4n) is 4.67. The van der Waals surface area contributed by atoms with E-state index in [1.54, 1.807) is 6.07 Å². The molecule has 0 atom stereocenters. The summed E-state index contributed by atoms with van der Waals surface area (Å²) in [5.41, 5.74) is -0.101. The zero-order valence-corrected chi connectivity index (χ0v) is 24.2. The quantitative estimate of drug-likeness (QED) is 0.140. The van der Waals surface area contributed by atoms with Crippen molar-refractivity contribution in [1.82, 2.24) is 14.6 Å². The van der Waals surface area contributed by atoms with Crippen LogP contribution in [0.4, 0.5) is 24.5 Å². The molecule has 0 radical (unpaired) electrons. The zero-order valence-electron chi connectivity index (χ0n) is 21.0. The molecular weight excluding hydrogens is 691 g/mol. The largest absolute Gasteiger partial charge is 0.457 e. The third-order valence-electron chi connectivity index (χ3n) is 6.53. The van der Waals surface area contributed by atoms with Crippen LogP contribution in [0.3, 0.4) is 0 Å². The summed E-state index contributed by atoms with van der Waals surface area (Å²) in [4.78, 5) is 28.4. The number of furan rings is 1. The topological polar surface area (TPSA) is 125 Å². The second kappa shape index (κ2) is 10.5. The van der Waals surface area contributed by atoms with Crippen LogP contribution in [0.1, 0.15) is 33.7 Å². The van der Waals surface area contributed by atoms with E-state index in [0.717, 1.165) is 37.0 Å². The van der Waals surface area contributed by atoms with Crippen molar-refractivity contribution in [2.24, 2.45) is 0 Å². The molecule has 10 nitrogen and oxygen atoms in total. The maximum Gasteiger partial charge on any atom is 0.433 e. The second-order valence-corrected chi connectivity index (χ2v) is 10.9. The Morgan fingerprint density at radius 1 is 1.05 bits per heavy atom. The van der Waals surface area contributed by atoms with Crippen molar-refractivity contribution in [3.05, 3.63) is 96.4 Å². The first-order valence-corrected chi connectivity index (χ1v) is 13.9. The second-order valence-electron chi connectivity index (χ2n) is 9.34. The summed E-state index contributed by atoms with van der Waals surface area (Å²) >= 11 is 6.26. The average molecular weight is 707 g/mol. The number of hydrogen-bond acceptors (Lipinski definition) is 7. The number of halogens is 5. The van der Waals surface area contributed by atoms with Gasteiger partial charge in [-0.05, 0) is 92.6 Å². The third kappa shape index (κ3) is 5.36. The lowest BCUT2D eigenvalue weighted by molar-refractivity contribution is -0.384. The summed E-state index contributed by atoms with van der Waals surface area (Å²) in [6.07, 6.45) is -1.94. The van der Waals surface area contributed by atoms with Gasteiger partial charge in [0.15, 0.2) is 27.5 Å². The van der Waals surface area contributed by atoms with Gasteiger partial charge >= 0.3 is 6.18 Å². The molecule has 5 aromatic rings. The molecule has 1 amide bonds. The minimum atomic E-state index is -4.86. The zero-order chi connectivity index (χ0) is 29.8. The predicted molar refractivity (Wildman–Crippen MR) is 151 cm³/mol. The van der Waals surface area contributed by atoms with Crippen LogP contribution in [0.25, 0.3) is 17.1 Å². The molecule has 214 valence electrons. The van der Waals surface area contributed by atoms with E-state index in [4.69, 9.17) is 9.15 Å². The van der Waals surface area contributed by atoms with Gasteiger partial charge in [0.2, 0.25) is 0 Å². The number of nitrogens with zero attached hydrogens (tertiary/aromatic N) is 4. The molecule has 0 fully saturated rings. The van der Waals surface area contributed by atoms with E-state index in [9.17, 15) is 28.1 Å². The molecular formula is C27H16Br2F3N5O5. The number of alkyl halides is 3. The van der Waals surface area contributed by atoms with Crippen LogP contribution in [-0.4, -0.2) is 25.4 Å². The molecule has 0 bridgehead atoms. The highest BCUT2D eigenvalue weighted by Crippen LogP contribution is 2.36. The summed E-state index contributed by atoms with van der Waals surface area (Å²) in [5.74, 6) is -0.323. The minimum absolute atomic E-state index is 0.0283. The highest BCUT2D eigenvalue weighted by Gasteiger charge is 2.37. The van der Waals surface area contributed by atoms with Crippen molar-refractivity contribution in [2.45, 2.75) is 25.4 Å². The Morgan fingerprint density at radius 2 is 1.83 bits per heavy atom. The summed E-state index contributed by atoms with van der Waals surface area (Å²) in [5, 5.41) is 17.9. The van der Waals surface area contributed by atoms with E-state index in [1.165, 1.54) is 29.8 Å². The van der Waals surface area contributed by atoms with Crippen molar-refractivity contribution in [3.8, 4) is 23.0 Å². The number of nitro benzene ring substituents is 1. The van der Waals surface area contributed by atoms with Crippen molar-refractivity contribution < 1.29 is 32.0 Å². The molecule has 0 saturated heterocycles. The van der Waals surface area contributed by atoms with E-state index in [1.807, 2.05) is 12.1 Å². The number of benzene rings is 2. The summed E-state index contributed by atoms with van der Waals surface area (Å²) < 4.78 is 53.9. The average Bonchev–Trinajstić information content (AvgIpc) is 3.66. The summed E-state index contributed by atoms with van der Waals surface area (Å²) in [7, 11) is 0. The van der Waals surface area contributed by atoms with Gasteiger partial charge in [0.1, 0.15) is 17.2 Å². The molecule has 0 unspecified atom stereocenters. The lowest BCUT2D eigenvalue weighted by Gasteiger charge is -2.10. The SMILES string of the molecule is O=C(Nc1cc(Oc2ccc3c(c2)CCC3)cc([N+](=O)[O-])c1)c1nn2c(C(F)(F)F)cc(-c3ccc(Br)o3)nc2c1Br.